The summed E-state index contributed by atoms with van der Waals surface area (Å²) in [4.78, 5) is 0. The lowest BCUT2D eigenvalue weighted by Gasteiger charge is -2.50. The maximum absolute atomic E-state index is 2.45. The molecule has 0 atom stereocenters. The van der Waals surface area contributed by atoms with Crippen LogP contribution in [-0.4, -0.2) is 19.6 Å². The average molecular weight is 325 g/mol. The highest BCUT2D eigenvalue weighted by Crippen LogP contribution is 2.59. The van der Waals surface area contributed by atoms with Gasteiger partial charge in [0.1, 0.15) is 0 Å². The molecule has 1 fully saturated rings. The molecule has 1 aromatic rings. The molecule has 20 heavy (non-hydrogen) atoms. The van der Waals surface area contributed by atoms with Gasteiger partial charge in [-0.25, -0.2) is 0 Å². The third-order valence-electron chi connectivity index (χ3n) is 5.13. The molecule has 112 valence electrons. The number of hydrogen-bond donors (Lipinski definition) is 0. The molecule has 0 unspecified atom stereocenters. The molecule has 2 rings (SSSR count). The Labute approximate surface area is 134 Å². The highest BCUT2D eigenvalue weighted by molar-refractivity contribution is 8.20. The molecule has 0 radical (unpaired) electrons. The van der Waals surface area contributed by atoms with Crippen LogP contribution in [0.2, 0.25) is 18.1 Å². The third kappa shape index (κ3) is 2.61. The molecule has 1 aromatic carbocycles. The molecule has 1 saturated heterocycles. The topological polar surface area (TPSA) is 0 Å². The minimum Gasteiger partial charge on any atom is -0.143 e. The quantitative estimate of drug-likeness (QED) is 0.603. The van der Waals surface area contributed by atoms with E-state index < -0.39 is 8.07 Å². The van der Waals surface area contributed by atoms with E-state index in [0.29, 0.717) is 3.70 Å². The van der Waals surface area contributed by atoms with Gasteiger partial charge in [-0.1, -0.05) is 63.2 Å². The molecule has 0 bridgehead atoms. The Morgan fingerprint density at radius 1 is 1.00 bits per heavy atom. The summed E-state index contributed by atoms with van der Waals surface area (Å²) in [7, 11) is -1.31. The molecule has 0 N–H and O–H groups in total. The largest absolute Gasteiger partial charge is 0.143 e. The second-order valence-electron chi connectivity index (χ2n) is 5.82. The molecule has 1 aliphatic heterocycles. The van der Waals surface area contributed by atoms with E-state index in [1.807, 2.05) is 0 Å². The first-order valence-electron chi connectivity index (χ1n) is 7.99. The lowest BCUT2D eigenvalue weighted by molar-refractivity contribution is 0.995. The zero-order valence-electron chi connectivity index (χ0n) is 13.4. The summed E-state index contributed by atoms with van der Waals surface area (Å²) in [6, 6.07) is 13.4. The highest BCUT2D eigenvalue weighted by Gasteiger charge is 2.53. The van der Waals surface area contributed by atoms with E-state index in [4.69, 9.17) is 0 Å². The van der Waals surface area contributed by atoms with Gasteiger partial charge in [-0.05, 0) is 36.0 Å². The Morgan fingerprint density at radius 2 is 1.55 bits per heavy atom. The Balaban J connectivity index is 2.59. The standard InChI is InChI=1S/C17H28S2Si/c1-5-20(6-2,7-3)17(18-13-10-14-19-17)16-12-9-8-11-15(16)4/h8-9,11-12H,5-7,10,13-14H2,1-4H3. The van der Waals surface area contributed by atoms with Gasteiger partial charge in [0.25, 0.3) is 0 Å². The summed E-state index contributed by atoms with van der Waals surface area (Å²) in [6.45, 7) is 9.67. The number of aryl methyl sites for hydroxylation is 1. The van der Waals surface area contributed by atoms with E-state index in [1.54, 1.807) is 5.56 Å². The second kappa shape index (κ2) is 6.93. The zero-order valence-corrected chi connectivity index (χ0v) is 16.0. The summed E-state index contributed by atoms with van der Waals surface area (Å²) in [5, 5.41) is 0. The van der Waals surface area contributed by atoms with E-state index in [0.717, 1.165) is 0 Å². The van der Waals surface area contributed by atoms with Crippen molar-refractivity contribution in [1.29, 1.82) is 0 Å². The van der Waals surface area contributed by atoms with E-state index in [9.17, 15) is 0 Å². The van der Waals surface area contributed by atoms with Crippen LogP contribution in [0.15, 0.2) is 24.3 Å². The van der Waals surface area contributed by atoms with Crippen molar-refractivity contribution in [1.82, 2.24) is 0 Å². The van der Waals surface area contributed by atoms with E-state index >= 15 is 0 Å². The van der Waals surface area contributed by atoms with E-state index in [-0.39, 0.29) is 0 Å². The Bertz CT molecular complexity index is 426. The molecule has 1 heterocycles. The van der Waals surface area contributed by atoms with E-state index in [1.165, 1.54) is 41.6 Å². The lowest BCUT2D eigenvalue weighted by atomic mass is 10.1. The van der Waals surface area contributed by atoms with Crippen molar-refractivity contribution < 1.29 is 0 Å². The lowest BCUT2D eigenvalue weighted by Crippen LogP contribution is -2.52. The highest BCUT2D eigenvalue weighted by atomic mass is 32.2. The minimum absolute atomic E-state index is 0.398. The fourth-order valence-electron chi connectivity index (χ4n) is 3.67. The number of thioether (sulfide) groups is 2. The number of rotatable bonds is 5. The summed E-state index contributed by atoms with van der Waals surface area (Å²) < 4.78 is 0.398. The SMILES string of the molecule is CC[Si](CC)(CC)C1(c2ccccc2C)SCCCS1. The zero-order chi connectivity index (χ0) is 14.6. The molecule has 0 amide bonds. The van der Waals surface area contributed by atoms with Crippen molar-refractivity contribution in [3.63, 3.8) is 0 Å². The molecule has 0 saturated carbocycles. The Morgan fingerprint density at radius 3 is 2.05 bits per heavy atom. The summed E-state index contributed by atoms with van der Waals surface area (Å²) in [5.41, 5.74) is 3.15. The van der Waals surface area contributed by atoms with Crippen LogP contribution >= 0.6 is 23.5 Å². The van der Waals surface area contributed by atoms with Crippen LogP contribution in [0.1, 0.15) is 38.3 Å². The first kappa shape index (κ1) is 16.5. The molecule has 0 aliphatic carbocycles. The summed E-state index contributed by atoms with van der Waals surface area (Å²) >= 11 is 4.57. The van der Waals surface area contributed by atoms with Gasteiger partial charge in [0.15, 0.2) is 0 Å². The summed E-state index contributed by atoms with van der Waals surface area (Å²) in [5.74, 6) is 2.69. The van der Waals surface area contributed by atoms with Crippen LogP contribution in [0, 0.1) is 6.92 Å². The molecule has 1 aliphatic rings. The van der Waals surface area contributed by atoms with Crippen molar-refractivity contribution in [2.45, 2.75) is 56.0 Å². The van der Waals surface area contributed by atoms with Crippen LogP contribution in [-0.2, 0) is 3.70 Å². The monoisotopic (exact) mass is 324 g/mol. The van der Waals surface area contributed by atoms with Crippen LogP contribution in [0.25, 0.3) is 0 Å². The van der Waals surface area contributed by atoms with Crippen molar-refractivity contribution >= 4 is 31.6 Å². The normalized spacial score (nSPS) is 19.0. The van der Waals surface area contributed by atoms with Crippen LogP contribution in [0.5, 0.6) is 0 Å². The van der Waals surface area contributed by atoms with Gasteiger partial charge in [-0.2, -0.15) is 0 Å². The Kier molecular flexibility index (Phi) is 5.72. The third-order valence-corrected chi connectivity index (χ3v) is 17.3. The van der Waals surface area contributed by atoms with Gasteiger partial charge in [0.05, 0.1) is 11.8 Å². The van der Waals surface area contributed by atoms with Crippen LogP contribution in [0.3, 0.4) is 0 Å². The molecular formula is C17H28S2Si. The van der Waals surface area contributed by atoms with Gasteiger partial charge in [0.2, 0.25) is 0 Å². The van der Waals surface area contributed by atoms with Crippen LogP contribution < -0.4 is 0 Å². The predicted octanol–water partition coefficient (Wildman–Crippen LogP) is 6.07. The Hall–Kier alpha value is 0.137. The van der Waals surface area contributed by atoms with Gasteiger partial charge < -0.3 is 0 Å². The minimum atomic E-state index is -1.31. The van der Waals surface area contributed by atoms with Gasteiger partial charge in [-0.3, -0.25) is 0 Å². The smallest absolute Gasteiger partial charge is 0.0892 e. The maximum atomic E-state index is 2.45. The van der Waals surface area contributed by atoms with Gasteiger partial charge >= 0.3 is 0 Å². The first-order valence-corrected chi connectivity index (χ1v) is 12.6. The molecular weight excluding hydrogens is 296 g/mol. The fourth-order valence-corrected chi connectivity index (χ4v) is 16.0. The number of hydrogen-bond acceptors (Lipinski definition) is 2. The van der Waals surface area contributed by atoms with E-state index in [2.05, 4.69) is 75.5 Å². The van der Waals surface area contributed by atoms with Crippen molar-refractivity contribution in [2.75, 3.05) is 11.5 Å². The summed E-state index contributed by atoms with van der Waals surface area (Å²) in [6.07, 6.45) is 1.38. The number of benzene rings is 1. The van der Waals surface area contributed by atoms with Crippen molar-refractivity contribution in [3.8, 4) is 0 Å². The molecule has 0 spiro atoms. The van der Waals surface area contributed by atoms with Gasteiger partial charge in [-0.15, -0.1) is 23.5 Å². The predicted molar refractivity (Wildman–Crippen MR) is 99.6 cm³/mol. The molecule has 0 nitrogen and oxygen atoms in total. The molecule has 3 heteroatoms. The van der Waals surface area contributed by atoms with Crippen molar-refractivity contribution in [3.05, 3.63) is 35.4 Å². The van der Waals surface area contributed by atoms with Crippen LogP contribution in [0.4, 0.5) is 0 Å². The second-order valence-corrected chi connectivity index (χ2v) is 14.9. The average Bonchev–Trinajstić information content (AvgIpc) is 2.51. The van der Waals surface area contributed by atoms with Crippen molar-refractivity contribution in [2.24, 2.45) is 0 Å². The first-order chi connectivity index (χ1) is 9.65. The van der Waals surface area contributed by atoms with Gasteiger partial charge in [0, 0.05) is 0 Å². The maximum Gasteiger partial charge on any atom is 0.0892 e. The fraction of sp³-hybridized carbons (Fsp3) is 0.647. The molecule has 0 aromatic heterocycles.